The molecule has 0 spiro atoms. The van der Waals surface area contributed by atoms with Crippen LogP contribution < -0.4 is 20.1 Å². The Bertz CT molecular complexity index is 462. The van der Waals surface area contributed by atoms with E-state index in [0.717, 1.165) is 13.0 Å². The summed E-state index contributed by atoms with van der Waals surface area (Å²) in [5, 5.41) is 6.11. The molecule has 1 aromatic rings. The molecule has 5 heteroatoms. The van der Waals surface area contributed by atoms with Gasteiger partial charge in [0.2, 0.25) is 5.91 Å². The van der Waals surface area contributed by atoms with E-state index in [1.165, 1.54) is 0 Å². The van der Waals surface area contributed by atoms with Gasteiger partial charge in [-0.2, -0.15) is 0 Å². The maximum Gasteiger partial charge on any atom is 0.241 e. The number of nitrogens with one attached hydrogen (secondary N) is 2. The van der Waals surface area contributed by atoms with Gasteiger partial charge in [0.25, 0.3) is 0 Å². The van der Waals surface area contributed by atoms with Crippen molar-refractivity contribution in [3.05, 3.63) is 18.2 Å². The summed E-state index contributed by atoms with van der Waals surface area (Å²) in [4.78, 5) is 12.1. The fourth-order valence-corrected chi connectivity index (χ4v) is 2.32. The number of benzene rings is 1. The van der Waals surface area contributed by atoms with E-state index in [1.807, 2.05) is 0 Å². The van der Waals surface area contributed by atoms with Crippen LogP contribution in [-0.2, 0) is 4.79 Å². The van der Waals surface area contributed by atoms with Crippen LogP contribution in [0.1, 0.15) is 13.3 Å². The van der Waals surface area contributed by atoms with E-state index in [9.17, 15) is 4.79 Å². The van der Waals surface area contributed by atoms with Crippen LogP contribution >= 0.6 is 0 Å². The highest BCUT2D eigenvalue weighted by molar-refractivity contribution is 5.95. The average molecular weight is 264 g/mol. The van der Waals surface area contributed by atoms with Gasteiger partial charge in [0.1, 0.15) is 0 Å². The van der Waals surface area contributed by atoms with Crippen molar-refractivity contribution < 1.29 is 14.3 Å². The highest BCUT2D eigenvalue weighted by Gasteiger charge is 2.29. The van der Waals surface area contributed by atoms with Gasteiger partial charge < -0.3 is 20.1 Å². The monoisotopic (exact) mass is 264 g/mol. The lowest BCUT2D eigenvalue weighted by molar-refractivity contribution is -0.118. The van der Waals surface area contributed by atoms with E-state index in [1.54, 1.807) is 32.4 Å². The summed E-state index contributed by atoms with van der Waals surface area (Å²) in [5.41, 5.74) is 0.712. The van der Waals surface area contributed by atoms with Crippen molar-refractivity contribution in [2.45, 2.75) is 19.4 Å². The number of carbonyl (C=O) groups is 1. The van der Waals surface area contributed by atoms with E-state index in [0.29, 0.717) is 23.1 Å². The maximum atomic E-state index is 12.1. The first-order valence-electron chi connectivity index (χ1n) is 6.42. The van der Waals surface area contributed by atoms with Gasteiger partial charge in [0, 0.05) is 11.8 Å². The molecule has 19 heavy (non-hydrogen) atoms. The molecular formula is C14H20N2O3. The molecule has 0 radical (unpaired) electrons. The number of carbonyl (C=O) groups excluding carboxylic acids is 1. The molecule has 2 unspecified atom stereocenters. The first kappa shape index (κ1) is 13.7. The van der Waals surface area contributed by atoms with Crippen LogP contribution in [0.25, 0.3) is 0 Å². The number of ether oxygens (including phenoxy) is 2. The van der Waals surface area contributed by atoms with Crippen LogP contribution in [0.2, 0.25) is 0 Å². The Morgan fingerprint density at radius 1 is 1.32 bits per heavy atom. The number of amides is 1. The first-order valence-corrected chi connectivity index (χ1v) is 6.42. The normalized spacial score (nSPS) is 22.1. The van der Waals surface area contributed by atoms with Gasteiger partial charge in [-0.3, -0.25) is 4.79 Å². The van der Waals surface area contributed by atoms with Crippen LogP contribution in [0.5, 0.6) is 11.5 Å². The summed E-state index contributed by atoms with van der Waals surface area (Å²) < 4.78 is 10.4. The summed E-state index contributed by atoms with van der Waals surface area (Å²) >= 11 is 0. The molecular weight excluding hydrogens is 244 g/mol. The molecule has 1 amide bonds. The van der Waals surface area contributed by atoms with Crippen molar-refractivity contribution in [2.75, 3.05) is 26.1 Å². The molecule has 0 aliphatic carbocycles. The third-order valence-corrected chi connectivity index (χ3v) is 3.47. The van der Waals surface area contributed by atoms with E-state index in [-0.39, 0.29) is 11.9 Å². The Hall–Kier alpha value is -1.75. The Morgan fingerprint density at radius 3 is 2.63 bits per heavy atom. The molecule has 1 saturated heterocycles. The zero-order valence-electron chi connectivity index (χ0n) is 11.5. The van der Waals surface area contributed by atoms with Crippen LogP contribution in [0.4, 0.5) is 5.69 Å². The predicted molar refractivity (Wildman–Crippen MR) is 73.7 cm³/mol. The van der Waals surface area contributed by atoms with Gasteiger partial charge in [-0.05, 0) is 31.0 Å². The molecule has 1 aromatic carbocycles. The van der Waals surface area contributed by atoms with Crippen molar-refractivity contribution in [1.82, 2.24) is 5.32 Å². The smallest absolute Gasteiger partial charge is 0.241 e. The van der Waals surface area contributed by atoms with Gasteiger partial charge in [-0.15, -0.1) is 0 Å². The second-order valence-corrected chi connectivity index (χ2v) is 4.76. The lowest BCUT2D eigenvalue weighted by Gasteiger charge is -2.16. The average Bonchev–Trinajstić information content (AvgIpc) is 2.85. The number of anilines is 1. The molecule has 1 aliphatic rings. The van der Waals surface area contributed by atoms with Crippen molar-refractivity contribution in [2.24, 2.45) is 5.92 Å². The van der Waals surface area contributed by atoms with Gasteiger partial charge in [0.05, 0.1) is 20.3 Å². The molecule has 2 atom stereocenters. The molecule has 2 N–H and O–H groups in total. The molecule has 0 bridgehead atoms. The number of hydrogen-bond donors (Lipinski definition) is 2. The standard InChI is InChI=1S/C14H20N2O3/c1-9-6-7-15-13(9)14(17)16-10-4-5-11(18-2)12(8-10)19-3/h4-5,8-9,13,15H,6-7H2,1-3H3,(H,16,17). The Balaban J connectivity index is 2.08. The summed E-state index contributed by atoms with van der Waals surface area (Å²) in [6.07, 6.45) is 1.03. The van der Waals surface area contributed by atoms with Crippen LogP contribution in [0, 0.1) is 5.92 Å². The number of hydrogen-bond acceptors (Lipinski definition) is 4. The molecule has 1 heterocycles. The van der Waals surface area contributed by atoms with Gasteiger partial charge in [-0.1, -0.05) is 6.92 Å². The molecule has 1 fully saturated rings. The SMILES string of the molecule is COc1ccc(NC(=O)C2NCCC2C)cc1OC. The van der Waals surface area contributed by atoms with Crippen molar-refractivity contribution in [3.8, 4) is 11.5 Å². The van der Waals surface area contributed by atoms with Crippen molar-refractivity contribution in [1.29, 1.82) is 0 Å². The van der Waals surface area contributed by atoms with Crippen LogP contribution in [0.3, 0.4) is 0 Å². The summed E-state index contributed by atoms with van der Waals surface area (Å²) in [5.74, 6) is 1.61. The second kappa shape index (κ2) is 5.93. The topological polar surface area (TPSA) is 59.6 Å². The van der Waals surface area contributed by atoms with Gasteiger partial charge in [0.15, 0.2) is 11.5 Å². The summed E-state index contributed by atoms with van der Waals surface area (Å²) in [7, 11) is 3.16. The zero-order valence-corrected chi connectivity index (χ0v) is 11.5. The largest absolute Gasteiger partial charge is 0.493 e. The Kier molecular flexibility index (Phi) is 4.27. The molecule has 0 saturated carbocycles. The fourth-order valence-electron chi connectivity index (χ4n) is 2.32. The van der Waals surface area contributed by atoms with Crippen molar-refractivity contribution >= 4 is 11.6 Å². The molecule has 0 aromatic heterocycles. The molecule has 2 rings (SSSR count). The van der Waals surface area contributed by atoms with E-state index in [2.05, 4.69) is 17.6 Å². The van der Waals surface area contributed by atoms with Crippen molar-refractivity contribution in [3.63, 3.8) is 0 Å². The van der Waals surface area contributed by atoms with E-state index >= 15 is 0 Å². The quantitative estimate of drug-likeness (QED) is 0.868. The maximum absolute atomic E-state index is 12.1. The summed E-state index contributed by atoms with van der Waals surface area (Å²) in [6.45, 7) is 2.98. The summed E-state index contributed by atoms with van der Waals surface area (Å²) in [6, 6.07) is 5.22. The van der Waals surface area contributed by atoms with Crippen LogP contribution in [-0.4, -0.2) is 32.7 Å². The molecule has 1 aliphatic heterocycles. The molecule has 5 nitrogen and oxygen atoms in total. The minimum atomic E-state index is -0.118. The van der Waals surface area contributed by atoms with Gasteiger partial charge >= 0.3 is 0 Å². The first-order chi connectivity index (χ1) is 9.15. The third kappa shape index (κ3) is 2.98. The third-order valence-electron chi connectivity index (χ3n) is 3.47. The van der Waals surface area contributed by atoms with E-state index < -0.39 is 0 Å². The highest BCUT2D eigenvalue weighted by Crippen LogP contribution is 2.30. The fraction of sp³-hybridized carbons (Fsp3) is 0.500. The van der Waals surface area contributed by atoms with Gasteiger partial charge in [-0.25, -0.2) is 0 Å². The molecule has 104 valence electrons. The Labute approximate surface area is 113 Å². The minimum absolute atomic E-state index is 0.00257. The number of rotatable bonds is 4. The van der Waals surface area contributed by atoms with Crippen LogP contribution in [0.15, 0.2) is 18.2 Å². The second-order valence-electron chi connectivity index (χ2n) is 4.76. The number of methoxy groups -OCH3 is 2. The lowest BCUT2D eigenvalue weighted by atomic mass is 10.0. The lowest BCUT2D eigenvalue weighted by Crippen LogP contribution is -2.39. The minimum Gasteiger partial charge on any atom is -0.493 e. The highest BCUT2D eigenvalue weighted by atomic mass is 16.5. The zero-order chi connectivity index (χ0) is 13.8. The Morgan fingerprint density at radius 2 is 2.05 bits per heavy atom. The van der Waals surface area contributed by atoms with E-state index in [4.69, 9.17) is 9.47 Å². The predicted octanol–water partition coefficient (Wildman–Crippen LogP) is 1.64.